The van der Waals surface area contributed by atoms with Gasteiger partial charge in [-0.2, -0.15) is 0 Å². The molecule has 0 aliphatic heterocycles. The molecule has 3 nitrogen and oxygen atoms in total. The lowest BCUT2D eigenvalue weighted by Gasteiger charge is -2.13. The van der Waals surface area contributed by atoms with E-state index in [9.17, 15) is 0 Å². The molecule has 0 saturated carbocycles. The molecule has 0 aliphatic carbocycles. The van der Waals surface area contributed by atoms with E-state index in [2.05, 4.69) is 158 Å². The van der Waals surface area contributed by atoms with Gasteiger partial charge in [-0.15, -0.1) is 11.3 Å². The fourth-order valence-corrected chi connectivity index (χ4v) is 9.27. The molecule has 0 N–H and O–H groups in total. The second-order valence-corrected chi connectivity index (χ2v) is 14.6. The monoisotopic (exact) mass is 691 g/mol. The summed E-state index contributed by atoms with van der Waals surface area (Å²) in [5.41, 5.74) is 5.20. The Morgan fingerprint density at radius 2 is 0.830 bits per heavy atom. The molecule has 246 valence electrons. The van der Waals surface area contributed by atoms with Crippen LogP contribution < -0.4 is 0 Å². The topological polar surface area (TPSA) is 38.7 Å². The van der Waals surface area contributed by atoms with Crippen molar-refractivity contribution < 1.29 is 0 Å². The van der Waals surface area contributed by atoms with Crippen molar-refractivity contribution in [3.05, 3.63) is 176 Å². The van der Waals surface area contributed by atoms with Crippen LogP contribution in [-0.4, -0.2) is 15.0 Å². The van der Waals surface area contributed by atoms with Crippen LogP contribution in [0.4, 0.5) is 0 Å². The van der Waals surface area contributed by atoms with Crippen molar-refractivity contribution in [3.63, 3.8) is 0 Å². The van der Waals surface area contributed by atoms with Crippen LogP contribution in [0.1, 0.15) is 0 Å². The van der Waals surface area contributed by atoms with Gasteiger partial charge in [0, 0.05) is 36.9 Å². The standard InChI is InChI=1S/C49H29N3S/c1-2-13-30(14-3-1)47-50-48(52-49(51-47)34-25-26-40-38-21-7-6-19-36(38)37-20-8-9-22-39(37)43(40)29-34)33-17-12-16-31(27-33)42-28-32-15-4-5-18-35(32)46-45(42)41-23-10-11-24-44(41)53-46/h1-29H. The molecule has 9 aromatic carbocycles. The molecular formula is C49H29N3S. The van der Waals surface area contributed by atoms with Gasteiger partial charge in [0.25, 0.3) is 0 Å². The summed E-state index contributed by atoms with van der Waals surface area (Å²) < 4.78 is 2.61. The zero-order chi connectivity index (χ0) is 34.9. The number of hydrogen-bond donors (Lipinski definition) is 0. The molecule has 0 amide bonds. The van der Waals surface area contributed by atoms with Crippen LogP contribution in [0.15, 0.2) is 176 Å². The van der Waals surface area contributed by atoms with Crippen LogP contribution in [0.2, 0.25) is 0 Å². The fourth-order valence-electron chi connectivity index (χ4n) is 8.01. The number of nitrogens with zero attached hydrogens (tertiary/aromatic N) is 3. The number of rotatable bonds is 4. The first-order valence-corrected chi connectivity index (χ1v) is 18.7. The lowest BCUT2D eigenvalue weighted by atomic mass is 9.93. The highest BCUT2D eigenvalue weighted by atomic mass is 32.1. The van der Waals surface area contributed by atoms with E-state index in [4.69, 9.17) is 15.0 Å². The van der Waals surface area contributed by atoms with Crippen LogP contribution >= 0.6 is 11.3 Å². The number of aromatic nitrogens is 3. The highest BCUT2D eigenvalue weighted by Crippen LogP contribution is 2.45. The molecule has 0 saturated heterocycles. The summed E-state index contributed by atoms with van der Waals surface area (Å²) in [6, 6.07) is 62.6. The maximum atomic E-state index is 5.22. The first-order chi connectivity index (χ1) is 26.3. The van der Waals surface area contributed by atoms with E-state index in [1.54, 1.807) is 0 Å². The third-order valence-corrected chi connectivity index (χ3v) is 11.7. The quantitative estimate of drug-likeness (QED) is 0.172. The van der Waals surface area contributed by atoms with Gasteiger partial charge in [0.15, 0.2) is 17.5 Å². The Labute approximate surface area is 309 Å². The Hall–Kier alpha value is -6.75. The van der Waals surface area contributed by atoms with Gasteiger partial charge in [0.1, 0.15) is 0 Å². The molecule has 2 aromatic heterocycles. The van der Waals surface area contributed by atoms with Crippen molar-refractivity contribution in [1.82, 2.24) is 15.0 Å². The summed E-state index contributed by atoms with van der Waals surface area (Å²) in [5, 5.41) is 12.5. The van der Waals surface area contributed by atoms with E-state index in [0.717, 1.165) is 22.3 Å². The van der Waals surface area contributed by atoms with Crippen molar-refractivity contribution in [2.75, 3.05) is 0 Å². The zero-order valence-electron chi connectivity index (χ0n) is 28.5. The van der Waals surface area contributed by atoms with Crippen molar-refractivity contribution in [3.8, 4) is 45.3 Å². The van der Waals surface area contributed by atoms with Gasteiger partial charge in [0.2, 0.25) is 0 Å². The molecule has 0 fully saturated rings. The van der Waals surface area contributed by atoms with Crippen LogP contribution in [0.25, 0.3) is 109 Å². The summed E-state index contributed by atoms with van der Waals surface area (Å²) in [5.74, 6) is 1.94. The molecule has 0 atom stereocenters. The minimum absolute atomic E-state index is 0.645. The molecule has 4 heteroatoms. The SMILES string of the molecule is c1ccc(-c2nc(-c3cccc(-c4cc5ccccc5c5sc6ccccc6c45)c3)nc(-c3ccc4c5ccccc5c5ccccc5c4c3)n2)cc1. The van der Waals surface area contributed by atoms with E-state index in [1.807, 2.05) is 29.5 Å². The molecule has 0 radical (unpaired) electrons. The van der Waals surface area contributed by atoms with Gasteiger partial charge >= 0.3 is 0 Å². The number of thiophene rings is 1. The highest BCUT2D eigenvalue weighted by Gasteiger charge is 2.18. The number of hydrogen-bond acceptors (Lipinski definition) is 4. The Balaban J connectivity index is 1.13. The molecule has 53 heavy (non-hydrogen) atoms. The van der Waals surface area contributed by atoms with Crippen molar-refractivity contribution >= 4 is 74.6 Å². The van der Waals surface area contributed by atoms with E-state index in [0.29, 0.717) is 17.5 Å². The molecule has 0 unspecified atom stereocenters. The summed E-state index contributed by atoms with van der Waals surface area (Å²) >= 11 is 1.87. The zero-order valence-corrected chi connectivity index (χ0v) is 29.3. The Bertz CT molecular complexity index is 3200. The highest BCUT2D eigenvalue weighted by molar-refractivity contribution is 7.26. The van der Waals surface area contributed by atoms with Crippen LogP contribution in [0, 0.1) is 0 Å². The average Bonchev–Trinajstić information content (AvgIpc) is 3.64. The smallest absolute Gasteiger partial charge is 0.164 e. The molecular weight excluding hydrogens is 663 g/mol. The average molecular weight is 692 g/mol. The predicted molar refractivity (Wildman–Crippen MR) is 224 cm³/mol. The third-order valence-electron chi connectivity index (χ3n) is 10.5. The van der Waals surface area contributed by atoms with Gasteiger partial charge in [-0.1, -0.05) is 152 Å². The van der Waals surface area contributed by atoms with Gasteiger partial charge in [-0.25, -0.2) is 15.0 Å². The predicted octanol–water partition coefficient (Wildman–Crippen LogP) is 13.5. The first-order valence-electron chi connectivity index (χ1n) is 17.9. The number of benzene rings is 9. The lowest BCUT2D eigenvalue weighted by Crippen LogP contribution is -2.00. The molecule has 11 rings (SSSR count). The first kappa shape index (κ1) is 29.9. The van der Waals surface area contributed by atoms with Crippen LogP contribution in [-0.2, 0) is 0 Å². The van der Waals surface area contributed by atoms with E-state index < -0.39 is 0 Å². The van der Waals surface area contributed by atoms with Crippen molar-refractivity contribution in [2.45, 2.75) is 0 Å². The van der Waals surface area contributed by atoms with Gasteiger partial charge in [-0.3, -0.25) is 0 Å². The fraction of sp³-hybridized carbons (Fsp3) is 0. The van der Waals surface area contributed by atoms with Crippen molar-refractivity contribution in [1.29, 1.82) is 0 Å². The molecule has 2 heterocycles. The number of fused-ring (bicyclic) bond motifs is 11. The lowest BCUT2D eigenvalue weighted by molar-refractivity contribution is 1.07. The minimum atomic E-state index is 0.645. The largest absolute Gasteiger partial charge is 0.208 e. The normalized spacial score (nSPS) is 11.8. The summed E-state index contributed by atoms with van der Waals surface area (Å²) in [6.45, 7) is 0. The Morgan fingerprint density at radius 1 is 0.321 bits per heavy atom. The second kappa shape index (κ2) is 11.9. The van der Waals surface area contributed by atoms with Crippen molar-refractivity contribution in [2.24, 2.45) is 0 Å². The minimum Gasteiger partial charge on any atom is -0.208 e. The van der Waals surface area contributed by atoms with E-state index in [-0.39, 0.29) is 0 Å². The van der Waals surface area contributed by atoms with E-state index >= 15 is 0 Å². The summed E-state index contributed by atoms with van der Waals surface area (Å²) in [4.78, 5) is 15.4. The molecule has 11 aromatic rings. The maximum Gasteiger partial charge on any atom is 0.164 e. The van der Waals surface area contributed by atoms with Gasteiger partial charge in [-0.05, 0) is 78.5 Å². The third kappa shape index (κ3) is 4.84. The molecule has 0 spiro atoms. The van der Waals surface area contributed by atoms with Gasteiger partial charge < -0.3 is 0 Å². The molecule has 0 bridgehead atoms. The summed E-state index contributed by atoms with van der Waals surface area (Å²) in [7, 11) is 0. The van der Waals surface area contributed by atoms with Crippen LogP contribution in [0.3, 0.4) is 0 Å². The molecule has 0 aliphatic rings. The maximum absolute atomic E-state index is 5.22. The van der Waals surface area contributed by atoms with Gasteiger partial charge in [0.05, 0.1) is 0 Å². The van der Waals surface area contributed by atoms with E-state index in [1.165, 1.54) is 68.8 Å². The Morgan fingerprint density at radius 3 is 1.55 bits per heavy atom. The van der Waals surface area contributed by atoms with Crippen LogP contribution in [0.5, 0.6) is 0 Å². The summed E-state index contributed by atoms with van der Waals surface area (Å²) in [6.07, 6.45) is 0. The Kier molecular flexibility index (Phi) is 6.73. The second-order valence-electron chi connectivity index (χ2n) is 13.6.